The molecule has 1 fully saturated rings. The summed E-state index contributed by atoms with van der Waals surface area (Å²) < 4.78 is 1.78. The second-order valence-corrected chi connectivity index (χ2v) is 8.03. The number of carbonyl (C=O) groups is 1. The van der Waals surface area contributed by atoms with Crippen molar-refractivity contribution >= 4 is 23.1 Å². The molecule has 0 spiro atoms. The van der Waals surface area contributed by atoms with Crippen molar-refractivity contribution in [3.8, 4) is 5.69 Å². The maximum atomic E-state index is 11.4. The third kappa shape index (κ3) is 2.96. The predicted octanol–water partition coefficient (Wildman–Crippen LogP) is 2.61. The van der Waals surface area contributed by atoms with Crippen molar-refractivity contribution in [1.29, 1.82) is 0 Å². The van der Waals surface area contributed by atoms with Crippen LogP contribution in [0.4, 0.5) is 0 Å². The number of amides is 1. The molecule has 3 aromatic rings. The number of primary amides is 1. The molecule has 1 saturated carbocycles. The average molecular weight is 374 g/mol. The standard InChI is InChI=1S/C21H22N6O/c1-12-6-14-4-5-17(10-16(14)7-12)27-21-18(25-26-27)11-23-19(24-21)9-13-2-3-15(8-13)20(22)28/h4-5,7,10-11,13,15H,2-3,6,8-9H2,1H3,(H2,22,28)/t13-,15-/m1/s1. The van der Waals surface area contributed by atoms with Crippen LogP contribution in [0.3, 0.4) is 0 Å². The summed E-state index contributed by atoms with van der Waals surface area (Å²) in [6, 6.07) is 6.35. The molecule has 7 heteroatoms. The largest absolute Gasteiger partial charge is 0.369 e. The Labute approximate surface area is 162 Å². The van der Waals surface area contributed by atoms with Crippen LogP contribution in [0, 0.1) is 11.8 Å². The molecule has 0 unspecified atom stereocenters. The van der Waals surface area contributed by atoms with Gasteiger partial charge in [-0.1, -0.05) is 22.9 Å². The van der Waals surface area contributed by atoms with Crippen LogP contribution in [0.15, 0.2) is 30.0 Å². The molecule has 2 aromatic heterocycles. The van der Waals surface area contributed by atoms with Gasteiger partial charge in [0.2, 0.25) is 5.91 Å². The van der Waals surface area contributed by atoms with E-state index in [-0.39, 0.29) is 11.8 Å². The maximum Gasteiger partial charge on any atom is 0.220 e. The van der Waals surface area contributed by atoms with E-state index >= 15 is 0 Å². The molecule has 5 rings (SSSR count). The molecule has 0 radical (unpaired) electrons. The Bertz CT molecular complexity index is 1120. The minimum Gasteiger partial charge on any atom is -0.369 e. The number of benzene rings is 1. The predicted molar refractivity (Wildman–Crippen MR) is 106 cm³/mol. The van der Waals surface area contributed by atoms with E-state index in [1.807, 2.05) is 0 Å². The van der Waals surface area contributed by atoms with Crippen molar-refractivity contribution in [2.45, 2.75) is 39.0 Å². The number of fused-ring (bicyclic) bond motifs is 2. The molecule has 0 aliphatic heterocycles. The zero-order valence-electron chi connectivity index (χ0n) is 15.8. The maximum absolute atomic E-state index is 11.4. The quantitative estimate of drug-likeness (QED) is 0.757. The highest BCUT2D eigenvalue weighted by Crippen LogP contribution is 2.32. The molecule has 0 saturated heterocycles. The highest BCUT2D eigenvalue weighted by Gasteiger charge is 2.29. The van der Waals surface area contributed by atoms with Crippen LogP contribution in [0.1, 0.15) is 43.1 Å². The second-order valence-electron chi connectivity index (χ2n) is 8.03. The Hall–Kier alpha value is -3.09. The number of carbonyl (C=O) groups excluding carboxylic acids is 1. The van der Waals surface area contributed by atoms with Gasteiger partial charge in [-0.15, -0.1) is 5.10 Å². The fourth-order valence-electron chi connectivity index (χ4n) is 4.44. The molecule has 2 heterocycles. The van der Waals surface area contributed by atoms with Gasteiger partial charge >= 0.3 is 0 Å². The third-order valence-electron chi connectivity index (χ3n) is 5.90. The molecule has 1 amide bonds. The first kappa shape index (κ1) is 17.0. The van der Waals surface area contributed by atoms with E-state index in [0.29, 0.717) is 17.1 Å². The van der Waals surface area contributed by atoms with Gasteiger partial charge in [-0.05, 0) is 61.8 Å². The summed E-state index contributed by atoms with van der Waals surface area (Å²) in [7, 11) is 0. The van der Waals surface area contributed by atoms with Crippen molar-refractivity contribution in [1.82, 2.24) is 25.0 Å². The highest BCUT2D eigenvalue weighted by atomic mass is 16.1. The van der Waals surface area contributed by atoms with Crippen molar-refractivity contribution in [2.24, 2.45) is 17.6 Å². The van der Waals surface area contributed by atoms with Crippen LogP contribution < -0.4 is 5.73 Å². The zero-order valence-corrected chi connectivity index (χ0v) is 15.8. The molecule has 0 bridgehead atoms. The summed E-state index contributed by atoms with van der Waals surface area (Å²) in [5, 5.41) is 8.52. The number of hydrogen-bond acceptors (Lipinski definition) is 5. The summed E-state index contributed by atoms with van der Waals surface area (Å²) in [6.07, 6.45) is 8.38. The molecular weight excluding hydrogens is 352 g/mol. The van der Waals surface area contributed by atoms with Gasteiger partial charge in [0.05, 0.1) is 11.9 Å². The zero-order chi connectivity index (χ0) is 19.3. The van der Waals surface area contributed by atoms with Crippen LogP contribution in [0.2, 0.25) is 0 Å². The van der Waals surface area contributed by atoms with Gasteiger partial charge in [0, 0.05) is 12.3 Å². The molecule has 142 valence electrons. The normalized spacial score (nSPS) is 21.1. The lowest BCUT2D eigenvalue weighted by atomic mass is 10.0. The van der Waals surface area contributed by atoms with Crippen LogP contribution in [-0.4, -0.2) is 30.9 Å². The number of hydrogen-bond donors (Lipinski definition) is 1. The Morgan fingerprint density at radius 1 is 1.32 bits per heavy atom. The van der Waals surface area contributed by atoms with E-state index in [2.05, 4.69) is 46.5 Å². The SMILES string of the molecule is CC1=Cc2cc(-n3nnc4cnc(C[C@@H]5CC[C@@H](C(N)=O)C5)nc43)ccc2C1. The Morgan fingerprint density at radius 3 is 3.04 bits per heavy atom. The minimum absolute atomic E-state index is 0.0103. The molecule has 7 nitrogen and oxygen atoms in total. The topological polar surface area (TPSA) is 99.6 Å². The van der Waals surface area contributed by atoms with Crippen molar-refractivity contribution in [3.63, 3.8) is 0 Å². The smallest absolute Gasteiger partial charge is 0.220 e. The molecule has 2 aliphatic carbocycles. The van der Waals surface area contributed by atoms with E-state index in [1.165, 1.54) is 16.7 Å². The first-order valence-corrected chi connectivity index (χ1v) is 9.74. The van der Waals surface area contributed by atoms with Crippen LogP contribution >= 0.6 is 0 Å². The number of rotatable bonds is 4. The molecule has 2 atom stereocenters. The number of nitrogens with two attached hydrogens (primary N) is 1. The van der Waals surface area contributed by atoms with Crippen LogP contribution in [0.25, 0.3) is 22.9 Å². The summed E-state index contributed by atoms with van der Waals surface area (Å²) in [5.41, 5.74) is 11.7. The summed E-state index contributed by atoms with van der Waals surface area (Å²) in [4.78, 5) is 20.6. The third-order valence-corrected chi connectivity index (χ3v) is 5.90. The van der Waals surface area contributed by atoms with Crippen molar-refractivity contribution in [2.75, 3.05) is 0 Å². The average Bonchev–Trinajstić information content (AvgIpc) is 3.38. The minimum atomic E-state index is -0.193. The van der Waals surface area contributed by atoms with Crippen molar-refractivity contribution < 1.29 is 4.79 Å². The van der Waals surface area contributed by atoms with Gasteiger partial charge in [0.1, 0.15) is 5.82 Å². The lowest BCUT2D eigenvalue weighted by Gasteiger charge is -2.09. The first-order valence-electron chi connectivity index (χ1n) is 9.74. The number of nitrogens with zero attached hydrogens (tertiary/aromatic N) is 5. The van der Waals surface area contributed by atoms with E-state index in [4.69, 9.17) is 10.7 Å². The fourth-order valence-corrected chi connectivity index (χ4v) is 4.44. The monoisotopic (exact) mass is 374 g/mol. The second kappa shape index (κ2) is 6.51. The molecule has 28 heavy (non-hydrogen) atoms. The molecular formula is C21H22N6O. The van der Waals surface area contributed by atoms with Gasteiger partial charge in [-0.25, -0.2) is 9.97 Å². The molecule has 2 N–H and O–H groups in total. The fraction of sp³-hybridized carbons (Fsp3) is 0.381. The lowest BCUT2D eigenvalue weighted by molar-refractivity contribution is -0.121. The van der Waals surface area contributed by atoms with Crippen molar-refractivity contribution in [3.05, 3.63) is 46.9 Å². The molecule has 2 aliphatic rings. The number of allylic oxidation sites excluding steroid dienone is 1. The van der Waals surface area contributed by atoms with E-state index in [9.17, 15) is 4.79 Å². The molecule has 1 aromatic carbocycles. The van der Waals surface area contributed by atoms with E-state index in [0.717, 1.165) is 43.6 Å². The highest BCUT2D eigenvalue weighted by molar-refractivity contribution is 5.77. The summed E-state index contributed by atoms with van der Waals surface area (Å²) in [5.74, 6) is 0.960. The Balaban J connectivity index is 1.45. The summed E-state index contributed by atoms with van der Waals surface area (Å²) in [6.45, 7) is 2.15. The van der Waals surface area contributed by atoms with E-state index in [1.54, 1.807) is 10.9 Å². The summed E-state index contributed by atoms with van der Waals surface area (Å²) >= 11 is 0. The van der Waals surface area contributed by atoms with Gasteiger partial charge in [-0.3, -0.25) is 4.79 Å². The van der Waals surface area contributed by atoms with E-state index < -0.39 is 0 Å². The van der Waals surface area contributed by atoms with Gasteiger partial charge in [0.15, 0.2) is 11.2 Å². The van der Waals surface area contributed by atoms with Gasteiger partial charge in [0.25, 0.3) is 0 Å². The Morgan fingerprint density at radius 2 is 2.21 bits per heavy atom. The van der Waals surface area contributed by atoms with Crippen LogP contribution in [0.5, 0.6) is 0 Å². The van der Waals surface area contributed by atoms with Crippen LogP contribution in [-0.2, 0) is 17.6 Å². The Kier molecular flexibility index (Phi) is 3.96. The number of aromatic nitrogens is 5. The lowest BCUT2D eigenvalue weighted by Crippen LogP contribution is -2.21. The van der Waals surface area contributed by atoms with Gasteiger partial charge < -0.3 is 5.73 Å². The van der Waals surface area contributed by atoms with Gasteiger partial charge in [-0.2, -0.15) is 4.68 Å². The first-order chi connectivity index (χ1) is 13.6.